The van der Waals surface area contributed by atoms with Crippen molar-refractivity contribution in [2.75, 3.05) is 13.7 Å². The van der Waals surface area contributed by atoms with E-state index in [9.17, 15) is 9.90 Å². The standard InChI is InChI=1S/C13H19NO3/c1-3-11(9-17-2)14-13(16)8-10-5-4-6-12(15)7-10/h4-7,11,15H,3,8-9H2,1-2H3,(H,14,16). The molecule has 0 saturated carbocycles. The summed E-state index contributed by atoms with van der Waals surface area (Å²) < 4.78 is 5.01. The van der Waals surface area contributed by atoms with Gasteiger partial charge < -0.3 is 15.2 Å². The van der Waals surface area contributed by atoms with Crippen molar-refractivity contribution in [3.63, 3.8) is 0 Å². The highest BCUT2D eigenvalue weighted by molar-refractivity contribution is 5.78. The Bertz CT molecular complexity index is 365. The lowest BCUT2D eigenvalue weighted by Crippen LogP contribution is -2.38. The number of ether oxygens (including phenoxy) is 1. The number of amides is 1. The third-order valence-corrected chi connectivity index (χ3v) is 2.50. The van der Waals surface area contributed by atoms with E-state index in [0.717, 1.165) is 12.0 Å². The maximum atomic E-state index is 11.7. The van der Waals surface area contributed by atoms with Gasteiger partial charge in [-0.1, -0.05) is 19.1 Å². The molecule has 0 spiro atoms. The molecule has 0 radical (unpaired) electrons. The molecule has 94 valence electrons. The first-order valence-electron chi connectivity index (χ1n) is 5.72. The number of hydrogen-bond acceptors (Lipinski definition) is 3. The molecule has 4 heteroatoms. The molecule has 17 heavy (non-hydrogen) atoms. The van der Waals surface area contributed by atoms with E-state index in [-0.39, 0.29) is 24.1 Å². The number of rotatable bonds is 6. The topological polar surface area (TPSA) is 58.6 Å². The van der Waals surface area contributed by atoms with Crippen LogP contribution in [-0.2, 0) is 16.0 Å². The smallest absolute Gasteiger partial charge is 0.224 e. The van der Waals surface area contributed by atoms with E-state index in [1.807, 2.05) is 13.0 Å². The van der Waals surface area contributed by atoms with Crippen molar-refractivity contribution < 1.29 is 14.6 Å². The van der Waals surface area contributed by atoms with E-state index in [0.29, 0.717) is 6.61 Å². The van der Waals surface area contributed by atoms with Crippen LogP contribution in [0.25, 0.3) is 0 Å². The third kappa shape index (κ3) is 4.87. The van der Waals surface area contributed by atoms with Crippen molar-refractivity contribution in [2.45, 2.75) is 25.8 Å². The molecule has 0 aliphatic heterocycles. The van der Waals surface area contributed by atoms with Gasteiger partial charge in [0, 0.05) is 7.11 Å². The van der Waals surface area contributed by atoms with Gasteiger partial charge in [-0.3, -0.25) is 4.79 Å². The maximum Gasteiger partial charge on any atom is 0.224 e. The van der Waals surface area contributed by atoms with Gasteiger partial charge in [0.25, 0.3) is 0 Å². The number of aromatic hydroxyl groups is 1. The van der Waals surface area contributed by atoms with Crippen LogP contribution in [0.2, 0.25) is 0 Å². The fourth-order valence-corrected chi connectivity index (χ4v) is 1.59. The molecule has 0 aliphatic rings. The highest BCUT2D eigenvalue weighted by Crippen LogP contribution is 2.11. The molecule has 1 unspecified atom stereocenters. The summed E-state index contributed by atoms with van der Waals surface area (Å²) in [5.41, 5.74) is 0.801. The Hall–Kier alpha value is -1.55. The number of nitrogens with one attached hydrogen (secondary N) is 1. The molecule has 4 nitrogen and oxygen atoms in total. The van der Waals surface area contributed by atoms with Crippen molar-refractivity contribution in [2.24, 2.45) is 0 Å². The summed E-state index contributed by atoms with van der Waals surface area (Å²) in [6, 6.07) is 6.77. The zero-order valence-corrected chi connectivity index (χ0v) is 10.3. The maximum absolute atomic E-state index is 11.7. The summed E-state index contributed by atoms with van der Waals surface area (Å²) in [7, 11) is 1.62. The molecule has 0 heterocycles. The highest BCUT2D eigenvalue weighted by atomic mass is 16.5. The van der Waals surface area contributed by atoms with Gasteiger partial charge in [0.15, 0.2) is 0 Å². The Morgan fingerprint density at radius 2 is 2.29 bits per heavy atom. The Balaban J connectivity index is 2.49. The summed E-state index contributed by atoms with van der Waals surface area (Å²) in [6.45, 7) is 2.51. The van der Waals surface area contributed by atoms with E-state index >= 15 is 0 Å². The zero-order chi connectivity index (χ0) is 12.7. The van der Waals surface area contributed by atoms with E-state index < -0.39 is 0 Å². The van der Waals surface area contributed by atoms with Crippen LogP contribution in [0.1, 0.15) is 18.9 Å². The predicted octanol–water partition coefficient (Wildman–Crippen LogP) is 1.48. The lowest BCUT2D eigenvalue weighted by Gasteiger charge is -2.15. The normalized spacial score (nSPS) is 12.1. The summed E-state index contributed by atoms with van der Waals surface area (Å²) >= 11 is 0. The molecule has 1 atom stereocenters. The molecule has 0 aromatic heterocycles. The Morgan fingerprint density at radius 3 is 2.88 bits per heavy atom. The second-order valence-corrected chi connectivity index (χ2v) is 3.97. The summed E-state index contributed by atoms with van der Waals surface area (Å²) in [5.74, 6) is 0.124. The molecule has 0 aliphatic carbocycles. The van der Waals surface area contributed by atoms with Gasteiger partial charge in [0.2, 0.25) is 5.91 Å². The lowest BCUT2D eigenvalue weighted by atomic mass is 10.1. The molecule has 0 bridgehead atoms. The summed E-state index contributed by atoms with van der Waals surface area (Å²) in [4.78, 5) is 11.7. The summed E-state index contributed by atoms with van der Waals surface area (Å²) in [5, 5.41) is 12.2. The van der Waals surface area contributed by atoms with Crippen molar-refractivity contribution in [3.05, 3.63) is 29.8 Å². The van der Waals surface area contributed by atoms with Crippen LogP contribution >= 0.6 is 0 Å². The fraction of sp³-hybridized carbons (Fsp3) is 0.462. The van der Waals surface area contributed by atoms with Crippen LogP contribution in [0.15, 0.2) is 24.3 Å². The Labute approximate surface area is 102 Å². The van der Waals surface area contributed by atoms with Gasteiger partial charge >= 0.3 is 0 Å². The number of carbonyl (C=O) groups is 1. The Morgan fingerprint density at radius 1 is 1.53 bits per heavy atom. The monoisotopic (exact) mass is 237 g/mol. The van der Waals surface area contributed by atoms with Gasteiger partial charge in [-0.15, -0.1) is 0 Å². The van der Waals surface area contributed by atoms with Gasteiger partial charge in [-0.25, -0.2) is 0 Å². The quantitative estimate of drug-likeness (QED) is 0.787. The van der Waals surface area contributed by atoms with E-state index in [2.05, 4.69) is 5.32 Å². The van der Waals surface area contributed by atoms with Gasteiger partial charge in [0.1, 0.15) is 5.75 Å². The van der Waals surface area contributed by atoms with Crippen LogP contribution in [0.5, 0.6) is 5.75 Å². The van der Waals surface area contributed by atoms with E-state index in [1.165, 1.54) is 0 Å². The van der Waals surface area contributed by atoms with Crippen LogP contribution in [0.3, 0.4) is 0 Å². The van der Waals surface area contributed by atoms with Crippen LogP contribution in [0, 0.1) is 0 Å². The first-order valence-corrected chi connectivity index (χ1v) is 5.72. The average molecular weight is 237 g/mol. The van der Waals surface area contributed by atoms with Crippen molar-refractivity contribution in [1.29, 1.82) is 0 Å². The average Bonchev–Trinajstić information content (AvgIpc) is 2.28. The minimum atomic E-state index is -0.0560. The fourth-order valence-electron chi connectivity index (χ4n) is 1.59. The van der Waals surface area contributed by atoms with Crippen LogP contribution in [0.4, 0.5) is 0 Å². The lowest BCUT2D eigenvalue weighted by molar-refractivity contribution is -0.121. The molecule has 0 saturated heterocycles. The molecular weight excluding hydrogens is 218 g/mol. The van der Waals surface area contributed by atoms with Crippen molar-refractivity contribution >= 4 is 5.91 Å². The minimum absolute atomic E-state index is 0.0461. The molecule has 1 rings (SSSR count). The number of methoxy groups -OCH3 is 1. The highest BCUT2D eigenvalue weighted by Gasteiger charge is 2.10. The number of phenolic OH excluding ortho intramolecular Hbond substituents is 1. The number of benzene rings is 1. The van der Waals surface area contributed by atoms with Crippen LogP contribution < -0.4 is 5.32 Å². The predicted molar refractivity (Wildman–Crippen MR) is 65.9 cm³/mol. The molecule has 0 fully saturated rings. The van der Waals surface area contributed by atoms with Gasteiger partial charge in [-0.2, -0.15) is 0 Å². The number of hydrogen-bond donors (Lipinski definition) is 2. The van der Waals surface area contributed by atoms with E-state index in [1.54, 1.807) is 25.3 Å². The van der Waals surface area contributed by atoms with Gasteiger partial charge in [0.05, 0.1) is 19.1 Å². The molecule has 2 N–H and O–H groups in total. The first-order chi connectivity index (χ1) is 8.15. The second kappa shape index (κ2) is 6.91. The largest absolute Gasteiger partial charge is 0.508 e. The van der Waals surface area contributed by atoms with Crippen LogP contribution in [-0.4, -0.2) is 30.8 Å². The third-order valence-electron chi connectivity index (χ3n) is 2.50. The van der Waals surface area contributed by atoms with Crippen molar-refractivity contribution in [3.8, 4) is 5.75 Å². The number of carbonyl (C=O) groups excluding carboxylic acids is 1. The van der Waals surface area contributed by atoms with Gasteiger partial charge in [-0.05, 0) is 24.1 Å². The number of phenols is 1. The molecule has 1 aromatic rings. The SMILES string of the molecule is CCC(COC)NC(=O)Cc1cccc(O)c1. The minimum Gasteiger partial charge on any atom is -0.508 e. The van der Waals surface area contributed by atoms with E-state index in [4.69, 9.17) is 4.74 Å². The summed E-state index contributed by atoms with van der Waals surface area (Å²) in [6.07, 6.45) is 1.11. The Kier molecular flexibility index (Phi) is 5.49. The first kappa shape index (κ1) is 13.5. The molecule has 1 aromatic carbocycles. The van der Waals surface area contributed by atoms with Crippen molar-refractivity contribution in [1.82, 2.24) is 5.32 Å². The zero-order valence-electron chi connectivity index (χ0n) is 10.3. The molecule has 1 amide bonds. The second-order valence-electron chi connectivity index (χ2n) is 3.97. The molecular formula is C13H19NO3.